The molecule has 1 aromatic carbocycles. The van der Waals surface area contributed by atoms with Crippen molar-refractivity contribution in [3.8, 4) is 0 Å². The standard InChI is InChI=1S/C15H18FNO2/c16-12-5-3-11(4-6-12)8-14(18)15-9-17-7-1-2-13(17)10-19-15/h3-6,13,15H,1-2,7-10H2. The van der Waals surface area contributed by atoms with Crippen LogP contribution in [0.3, 0.4) is 0 Å². The Kier molecular flexibility index (Phi) is 3.62. The van der Waals surface area contributed by atoms with Crippen molar-refractivity contribution in [3.05, 3.63) is 35.6 Å². The Bertz CT molecular complexity index is 460. The molecule has 2 saturated heterocycles. The normalized spacial score (nSPS) is 27.2. The molecule has 2 unspecified atom stereocenters. The largest absolute Gasteiger partial charge is 0.367 e. The molecule has 2 aliphatic heterocycles. The highest BCUT2D eigenvalue weighted by Crippen LogP contribution is 2.23. The Morgan fingerprint density at radius 3 is 2.95 bits per heavy atom. The lowest BCUT2D eigenvalue weighted by atomic mass is 10.0. The van der Waals surface area contributed by atoms with Gasteiger partial charge in [-0.25, -0.2) is 4.39 Å². The lowest BCUT2D eigenvalue weighted by molar-refractivity contribution is -0.137. The van der Waals surface area contributed by atoms with E-state index < -0.39 is 0 Å². The molecule has 0 amide bonds. The lowest BCUT2D eigenvalue weighted by Gasteiger charge is -2.34. The molecular weight excluding hydrogens is 245 g/mol. The number of carbonyl (C=O) groups is 1. The number of benzene rings is 1. The fraction of sp³-hybridized carbons (Fsp3) is 0.533. The Labute approximate surface area is 112 Å². The molecule has 0 radical (unpaired) electrons. The Hall–Kier alpha value is -1.26. The van der Waals surface area contributed by atoms with Gasteiger partial charge in [0.25, 0.3) is 0 Å². The molecule has 0 spiro atoms. The second-order valence-corrected chi connectivity index (χ2v) is 5.38. The lowest BCUT2D eigenvalue weighted by Crippen LogP contribution is -2.49. The number of nitrogens with zero attached hydrogens (tertiary/aromatic N) is 1. The van der Waals surface area contributed by atoms with E-state index in [1.54, 1.807) is 12.1 Å². The van der Waals surface area contributed by atoms with Gasteiger partial charge in [0, 0.05) is 19.0 Å². The van der Waals surface area contributed by atoms with E-state index in [2.05, 4.69) is 4.90 Å². The maximum absolute atomic E-state index is 12.8. The van der Waals surface area contributed by atoms with Crippen LogP contribution in [0.4, 0.5) is 4.39 Å². The van der Waals surface area contributed by atoms with Gasteiger partial charge in [0.2, 0.25) is 0 Å². The molecule has 102 valence electrons. The van der Waals surface area contributed by atoms with Crippen molar-refractivity contribution >= 4 is 5.78 Å². The summed E-state index contributed by atoms with van der Waals surface area (Å²) in [5.41, 5.74) is 0.846. The van der Waals surface area contributed by atoms with Gasteiger partial charge < -0.3 is 4.74 Å². The van der Waals surface area contributed by atoms with E-state index in [0.717, 1.165) is 12.1 Å². The molecule has 0 bridgehead atoms. The highest BCUT2D eigenvalue weighted by molar-refractivity contribution is 5.85. The summed E-state index contributed by atoms with van der Waals surface area (Å²) >= 11 is 0. The van der Waals surface area contributed by atoms with Crippen molar-refractivity contribution < 1.29 is 13.9 Å². The number of morpholine rings is 1. The van der Waals surface area contributed by atoms with Gasteiger partial charge in [-0.2, -0.15) is 0 Å². The summed E-state index contributed by atoms with van der Waals surface area (Å²) in [5, 5.41) is 0. The molecule has 2 aliphatic rings. The van der Waals surface area contributed by atoms with Crippen LogP contribution in [-0.4, -0.2) is 42.5 Å². The van der Waals surface area contributed by atoms with Crippen molar-refractivity contribution in [2.45, 2.75) is 31.4 Å². The number of ether oxygens (including phenoxy) is 1. The van der Waals surface area contributed by atoms with Crippen LogP contribution < -0.4 is 0 Å². The van der Waals surface area contributed by atoms with Crippen LogP contribution in [0.15, 0.2) is 24.3 Å². The number of hydrogen-bond donors (Lipinski definition) is 0. The molecule has 19 heavy (non-hydrogen) atoms. The van der Waals surface area contributed by atoms with Crippen LogP contribution in [0, 0.1) is 5.82 Å². The van der Waals surface area contributed by atoms with E-state index in [1.807, 2.05) is 0 Å². The van der Waals surface area contributed by atoms with Crippen molar-refractivity contribution in [3.63, 3.8) is 0 Å². The van der Waals surface area contributed by atoms with Crippen molar-refractivity contribution in [1.29, 1.82) is 0 Å². The minimum atomic E-state index is -0.320. The first-order chi connectivity index (χ1) is 9.22. The Morgan fingerprint density at radius 2 is 2.16 bits per heavy atom. The third kappa shape index (κ3) is 2.85. The van der Waals surface area contributed by atoms with Gasteiger partial charge in [-0.3, -0.25) is 9.69 Å². The quantitative estimate of drug-likeness (QED) is 0.833. The van der Waals surface area contributed by atoms with Crippen LogP contribution in [0.5, 0.6) is 0 Å². The second-order valence-electron chi connectivity index (χ2n) is 5.38. The number of hydrogen-bond acceptors (Lipinski definition) is 3. The molecule has 3 rings (SSSR count). The van der Waals surface area contributed by atoms with E-state index in [-0.39, 0.29) is 17.7 Å². The first kappa shape index (κ1) is 12.8. The van der Waals surface area contributed by atoms with Crippen LogP contribution in [0.25, 0.3) is 0 Å². The van der Waals surface area contributed by atoms with Crippen LogP contribution in [0.2, 0.25) is 0 Å². The van der Waals surface area contributed by atoms with Gasteiger partial charge in [0.1, 0.15) is 11.9 Å². The molecule has 1 aromatic rings. The van der Waals surface area contributed by atoms with E-state index in [4.69, 9.17) is 4.74 Å². The average molecular weight is 263 g/mol. The average Bonchev–Trinajstić information content (AvgIpc) is 2.88. The Morgan fingerprint density at radius 1 is 1.37 bits per heavy atom. The van der Waals surface area contributed by atoms with Crippen molar-refractivity contribution in [1.82, 2.24) is 4.90 Å². The summed E-state index contributed by atoms with van der Waals surface area (Å²) < 4.78 is 18.5. The van der Waals surface area contributed by atoms with Gasteiger partial charge >= 0.3 is 0 Å². The molecule has 2 heterocycles. The molecule has 0 aliphatic carbocycles. The van der Waals surface area contributed by atoms with Gasteiger partial charge in [0.15, 0.2) is 5.78 Å². The zero-order valence-electron chi connectivity index (χ0n) is 10.8. The summed E-state index contributed by atoms with van der Waals surface area (Å²) in [6, 6.07) is 6.61. The highest BCUT2D eigenvalue weighted by Gasteiger charge is 2.34. The van der Waals surface area contributed by atoms with E-state index in [1.165, 1.54) is 25.0 Å². The smallest absolute Gasteiger partial charge is 0.167 e. The maximum Gasteiger partial charge on any atom is 0.167 e. The van der Waals surface area contributed by atoms with Crippen LogP contribution in [-0.2, 0) is 16.0 Å². The number of rotatable bonds is 3. The number of ketones is 1. The summed E-state index contributed by atoms with van der Waals surface area (Å²) in [7, 11) is 0. The van der Waals surface area contributed by atoms with Crippen molar-refractivity contribution in [2.75, 3.05) is 19.7 Å². The molecular formula is C15H18FNO2. The summed E-state index contributed by atoms with van der Waals surface area (Å²) in [6.07, 6.45) is 2.38. The minimum Gasteiger partial charge on any atom is -0.367 e. The summed E-state index contributed by atoms with van der Waals surface area (Å²) in [5.74, 6) is -0.179. The maximum atomic E-state index is 12.8. The summed E-state index contributed by atoms with van der Waals surface area (Å²) in [6.45, 7) is 2.46. The molecule has 4 heteroatoms. The number of fused-ring (bicyclic) bond motifs is 1. The second kappa shape index (κ2) is 5.39. The fourth-order valence-electron chi connectivity index (χ4n) is 2.93. The van der Waals surface area contributed by atoms with E-state index in [9.17, 15) is 9.18 Å². The number of halogens is 1. The molecule has 3 nitrogen and oxygen atoms in total. The molecule has 2 fully saturated rings. The predicted octanol–water partition coefficient (Wildman–Crippen LogP) is 1.80. The fourth-order valence-corrected chi connectivity index (χ4v) is 2.93. The SMILES string of the molecule is O=C(Cc1ccc(F)cc1)C1CN2CCCC2CO1. The van der Waals surface area contributed by atoms with Crippen molar-refractivity contribution in [2.24, 2.45) is 0 Å². The molecule has 2 atom stereocenters. The van der Waals surface area contributed by atoms with Crippen LogP contribution in [0.1, 0.15) is 18.4 Å². The monoisotopic (exact) mass is 263 g/mol. The Balaban J connectivity index is 1.59. The predicted molar refractivity (Wildman–Crippen MR) is 69.4 cm³/mol. The van der Waals surface area contributed by atoms with Gasteiger partial charge in [-0.15, -0.1) is 0 Å². The first-order valence-electron chi connectivity index (χ1n) is 6.85. The zero-order chi connectivity index (χ0) is 13.2. The van der Waals surface area contributed by atoms with E-state index in [0.29, 0.717) is 25.6 Å². The topological polar surface area (TPSA) is 29.5 Å². The molecule has 0 N–H and O–H groups in total. The third-order valence-electron chi connectivity index (χ3n) is 4.04. The third-order valence-corrected chi connectivity index (χ3v) is 4.04. The van der Waals surface area contributed by atoms with Gasteiger partial charge in [0.05, 0.1) is 6.61 Å². The minimum absolute atomic E-state index is 0.0944. The molecule has 0 saturated carbocycles. The highest BCUT2D eigenvalue weighted by atomic mass is 19.1. The van der Waals surface area contributed by atoms with Crippen LogP contribution >= 0.6 is 0 Å². The van der Waals surface area contributed by atoms with E-state index >= 15 is 0 Å². The van der Waals surface area contributed by atoms with Gasteiger partial charge in [-0.05, 0) is 37.1 Å². The number of Topliss-reactive ketones (excluding diaryl/α,β-unsaturated/α-hetero) is 1. The first-order valence-corrected chi connectivity index (χ1v) is 6.85. The zero-order valence-corrected chi connectivity index (χ0v) is 10.8. The number of carbonyl (C=O) groups excluding carboxylic acids is 1. The van der Waals surface area contributed by atoms with Gasteiger partial charge in [-0.1, -0.05) is 12.1 Å². The summed E-state index contributed by atoms with van der Waals surface area (Å²) in [4.78, 5) is 14.6. The molecule has 0 aromatic heterocycles.